The average molecular weight is 397 g/mol. The normalized spacial score (nSPS) is 19.7. The number of carbonyl (C=O) groups is 2. The molecule has 3 atom stereocenters. The topological polar surface area (TPSA) is 84.9 Å². The van der Waals surface area contributed by atoms with Gasteiger partial charge in [-0.2, -0.15) is 0 Å². The minimum absolute atomic E-state index is 0.0395. The summed E-state index contributed by atoms with van der Waals surface area (Å²) in [5.74, 6) is 0.214. The number of amides is 1. The SMILES string of the molecule is CCC(CNC(=O)C1CC1c1cc(OC)ccc1OC)(C(=O)O)c1ccccc1. The zero-order chi connectivity index (χ0) is 21.0. The lowest BCUT2D eigenvalue weighted by molar-refractivity contribution is -0.144. The van der Waals surface area contributed by atoms with Crippen LogP contribution in [0, 0.1) is 5.92 Å². The summed E-state index contributed by atoms with van der Waals surface area (Å²) >= 11 is 0. The number of carboxylic acid groups (broad SMARTS) is 1. The van der Waals surface area contributed by atoms with Crippen LogP contribution >= 0.6 is 0 Å². The highest BCUT2D eigenvalue weighted by molar-refractivity contribution is 5.86. The van der Waals surface area contributed by atoms with E-state index in [4.69, 9.17) is 9.47 Å². The first-order chi connectivity index (χ1) is 14.0. The third kappa shape index (κ3) is 4.06. The zero-order valence-corrected chi connectivity index (χ0v) is 17.0. The molecule has 0 radical (unpaired) electrons. The molecule has 29 heavy (non-hydrogen) atoms. The predicted molar refractivity (Wildman–Crippen MR) is 109 cm³/mol. The van der Waals surface area contributed by atoms with Crippen LogP contribution in [-0.4, -0.2) is 37.7 Å². The van der Waals surface area contributed by atoms with Gasteiger partial charge in [-0.3, -0.25) is 9.59 Å². The Morgan fingerprint density at radius 3 is 2.45 bits per heavy atom. The number of ether oxygens (including phenoxy) is 2. The highest BCUT2D eigenvalue weighted by Gasteiger charge is 2.47. The second kappa shape index (κ2) is 8.55. The van der Waals surface area contributed by atoms with Crippen molar-refractivity contribution in [2.45, 2.75) is 31.1 Å². The third-order valence-electron chi connectivity index (χ3n) is 5.87. The molecule has 6 nitrogen and oxygen atoms in total. The standard InChI is InChI=1S/C23H27NO5/c1-4-23(22(26)27,15-8-6-5-7-9-15)14-24-21(25)19-13-17(19)18-12-16(28-2)10-11-20(18)29-3/h5-12,17,19H,4,13-14H2,1-3H3,(H,24,25)(H,26,27). The third-order valence-corrected chi connectivity index (χ3v) is 5.87. The largest absolute Gasteiger partial charge is 0.497 e. The van der Waals surface area contributed by atoms with Gasteiger partial charge in [-0.1, -0.05) is 37.3 Å². The fourth-order valence-electron chi connectivity index (χ4n) is 3.87. The zero-order valence-electron chi connectivity index (χ0n) is 17.0. The van der Waals surface area contributed by atoms with Crippen LogP contribution in [0.4, 0.5) is 0 Å². The van der Waals surface area contributed by atoms with Gasteiger partial charge in [0.1, 0.15) is 16.9 Å². The second-order valence-corrected chi connectivity index (χ2v) is 7.38. The summed E-state index contributed by atoms with van der Waals surface area (Å²) in [6.07, 6.45) is 1.08. The lowest BCUT2D eigenvalue weighted by Gasteiger charge is -2.29. The van der Waals surface area contributed by atoms with Gasteiger partial charge < -0.3 is 19.9 Å². The Morgan fingerprint density at radius 1 is 1.14 bits per heavy atom. The molecule has 2 N–H and O–H groups in total. The molecular formula is C23H27NO5. The number of hydrogen-bond donors (Lipinski definition) is 2. The molecule has 1 aliphatic carbocycles. The first-order valence-electron chi connectivity index (χ1n) is 9.75. The fraction of sp³-hybridized carbons (Fsp3) is 0.391. The van der Waals surface area contributed by atoms with Gasteiger partial charge in [0, 0.05) is 23.9 Å². The van der Waals surface area contributed by atoms with Crippen molar-refractivity contribution in [3.05, 3.63) is 59.7 Å². The summed E-state index contributed by atoms with van der Waals surface area (Å²) in [5.41, 5.74) is 0.488. The van der Waals surface area contributed by atoms with Crippen molar-refractivity contribution in [3.8, 4) is 11.5 Å². The minimum Gasteiger partial charge on any atom is -0.497 e. The van der Waals surface area contributed by atoms with E-state index in [9.17, 15) is 14.7 Å². The monoisotopic (exact) mass is 397 g/mol. The van der Waals surface area contributed by atoms with Crippen molar-refractivity contribution in [1.82, 2.24) is 5.32 Å². The van der Waals surface area contributed by atoms with Crippen LogP contribution in [-0.2, 0) is 15.0 Å². The van der Waals surface area contributed by atoms with E-state index in [0.29, 0.717) is 24.2 Å². The smallest absolute Gasteiger partial charge is 0.315 e. The number of rotatable bonds is 9. The molecule has 2 aromatic rings. The molecule has 154 valence electrons. The van der Waals surface area contributed by atoms with Crippen molar-refractivity contribution in [1.29, 1.82) is 0 Å². The number of methoxy groups -OCH3 is 2. The molecule has 0 bridgehead atoms. The Morgan fingerprint density at radius 2 is 1.86 bits per heavy atom. The predicted octanol–water partition coefficient (Wildman–Crippen LogP) is 3.36. The lowest BCUT2D eigenvalue weighted by Crippen LogP contribution is -2.46. The Hall–Kier alpha value is -3.02. The molecule has 0 aromatic heterocycles. The van der Waals surface area contributed by atoms with Crippen molar-refractivity contribution in [3.63, 3.8) is 0 Å². The van der Waals surface area contributed by atoms with Gasteiger partial charge >= 0.3 is 5.97 Å². The van der Waals surface area contributed by atoms with Crippen LogP contribution in [0.5, 0.6) is 11.5 Å². The van der Waals surface area contributed by atoms with E-state index in [0.717, 1.165) is 11.3 Å². The Labute approximate surface area is 170 Å². The van der Waals surface area contributed by atoms with E-state index in [-0.39, 0.29) is 24.3 Å². The van der Waals surface area contributed by atoms with Gasteiger partial charge in [0.2, 0.25) is 5.91 Å². The van der Waals surface area contributed by atoms with Gasteiger partial charge in [-0.25, -0.2) is 0 Å². The van der Waals surface area contributed by atoms with Crippen LogP contribution in [0.2, 0.25) is 0 Å². The highest BCUT2D eigenvalue weighted by Crippen LogP contribution is 2.51. The van der Waals surface area contributed by atoms with Crippen LogP contribution in [0.25, 0.3) is 0 Å². The molecule has 0 saturated heterocycles. The summed E-state index contributed by atoms with van der Waals surface area (Å²) in [5, 5.41) is 12.8. The van der Waals surface area contributed by atoms with Crippen LogP contribution in [0.1, 0.15) is 36.8 Å². The molecule has 0 aliphatic heterocycles. The van der Waals surface area contributed by atoms with E-state index in [1.165, 1.54) is 0 Å². The van der Waals surface area contributed by atoms with E-state index in [1.807, 2.05) is 43.3 Å². The number of nitrogens with one attached hydrogen (secondary N) is 1. The molecule has 1 aliphatic rings. The molecular weight excluding hydrogens is 370 g/mol. The fourth-order valence-corrected chi connectivity index (χ4v) is 3.87. The van der Waals surface area contributed by atoms with E-state index in [1.54, 1.807) is 26.4 Å². The Bertz CT molecular complexity index is 882. The highest BCUT2D eigenvalue weighted by atomic mass is 16.5. The maximum absolute atomic E-state index is 12.8. The maximum atomic E-state index is 12.8. The van der Waals surface area contributed by atoms with Crippen molar-refractivity contribution < 1.29 is 24.2 Å². The van der Waals surface area contributed by atoms with E-state index >= 15 is 0 Å². The number of aliphatic carboxylic acids is 1. The number of hydrogen-bond acceptors (Lipinski definition) is 4. The number of carbonyl (C=O) groups excluding carboxylic acids is 1. The number of benzene rings is 2. The molecule has 1 amide bonds. The Kier molecular flexibility index (Phi) is 6.11. The molecule has 1 saturated carbocycles. The lowest BCUT2D eigenvalue weighted by atomic mass is 9.78. The summed E-state index contributed by atoms with van der Waals surface area (Å²) in [6, 6.07) is 14.6. The maximum Gasteiger partial charge on any atom is 0.315 e. The molecule has 3 unspecified atom stereocenters. The van der Waals surface area contributed by atoms with E-state index < -0.39 is 11.4 Å². The van der Waals surface area contributed by atoms with Crippen molar-refractivity contribution in [2.24, 2.45) is 5.92 Å². The first-order valence-corrected chi connectivity index (χ1v) is 9.75. The quantitative estimate of drug-likeness (QED) is 0.678. The molecule has 2 aromatic carbocycles. The van der Waals surface area contributed by atoms with Crippen LogP contribution in [0.3, 0.4) is 0 Å². The summed E-state index contributed by atoms with van der Waals surface area (Å²) in [7, 11) is 3.20. The van der Waals surface area contributed by atoms with Crippen molar-refractivity contribution >= 4 is 11.9 Å². The van der Waals surface area contributed by atoms with Gasteiger partial charge in [0.15, 0.2) is 0 Å². The van der Waals surface area contributed by atoms with E-state index in [2.05, 4.69) is 5.32 Å². The molecule has 6 heteroatoms. The van der Waals surface area contributed by atoms with Gasteiger partial charge in [-0.05, 0) is 36.6 Å². The minimum atomic E-state index is -1.14. The van der Waals surface area contributed by atoms with Crippen LogP contribution in [0.15, 0.2) is 48.5 Å². The molecule has 0 heterocycles. The van der Waals surface area contributed by atoms with Gasteiger partial charge in [0.25, 0.3) is 0 Å². The van der Waals surface area contributed by atoms with Gasteiger partial charge in [-0.15, -0.1) is 0 Å². The molecule has 3 rings (SSSR count). The Balaban J connectivity index is 1.72. The van der Waals surface area contributed by atoms with Crippen LogP contribution < -0.4 is 14.8 Å². The molecule has 0 spiro atoms. The summed E-state index contributed by atoms with van der Waals surface area (Å²) < 4.78 is 10.7. The summed E-state index contributed by atoms with van der Waals surface area (Å²) in [6.45, 7) is 1.88. The second-order valence-electron chi connectivity index (χ2n) is 7.38. The molecule has 1 fully saturated rings. The van der Waals surface area contributed by atoms with Gasteiger partial charge in [0.05, 0.1) is 14.2 Å². The summed E-state index contributed by atoms with van der Waals surface area (Å²) in [4.78, 5) is 24.9. The number of carboxylic acids is 1. The average Bonchev–Trinajstić information content (AvgIpc) is 3.55. The first kappa shape index (κ1) is 20.7. The van der Waals surface area contributed by atoms with Crippen molar-refractivity contribution in [2.75, 3.05) is 20.8 Å².